The van der Waals surface area contributed by atoms with E-state index in [0.29, 0.717) is 11.3 Å². The van der Waals surface area contributed by atoms with Crippen molar-refractivity contribution in [3.8, 4) is 0 Å². The second-order valence-electron chi connectivity index (χ2n) is 7.07. The molecule has 1 fully saturated rings. The molecule has 1 saturated carbocycles. The van der Waals surface area contributed by atoms with Crippen molar-refractivity contribution >= 4 is 0 Å². The largest absolute Gasteiger partial charge is 0.0625 e. The first-order valence-electron chi connectivity index (χ1n) is 7.57. The summed E-state index contributed by atoms with van der Waals surface area (Å²) in [6.45, 7) is 9.41. The maximum Gasteiger partial charge on any atom is -0.0219 e. The third-order valence-electron chi connectivity index (χ3n) is 4.76. The van der Waals surface area contributed by atoms with Gasteiger partial charge >= 0.3 is 0 Å². The molecule has 0 aromatic heterocycles. The predicted molar refractivity (Wildman–Crippen MR) is 80.0 cm³/mol. The Bertz CT molecular complexity index is 364. The summed E-state index contributed by atoms with van der Waals surface area (Å²) in [6, 6.07) is 9.32. The average Bonchev–Trinajstić information content (AvgIpc) is 2.34. The lowest BCUT2D eigenvalue weighted by Crippen LogP contribution is -2.25. The molecule has 0 unspecified atom stereocenters. The van der Waals surface area contributed by atoms with Gasteiger partial charge in [0.25, 0.3) is 0 Å². The van der Waals surface area contributed by atoms with Crippen molar-refractivity contribution in [1.29, 1.82) is 0 Å². The zero-order chi connectivity index (χ0) is 13.2. The normalized spacial score (nSPS) is 28.6. The summed E-state index contributed by atoms with van der Waals surface area (Å²) < 4.78 is 0. The average molecular weight is 244 g/mol. The maximum atomic E-state index is 2.48. The summed E-state index contributed by atoms with van der Waals surface area (Å²) in [5.41, 5.74) is 3.53. The Morgan fingerprint density at radius 1 is 1.11 bits per heavy atom. The quantitative estimate of drug-likeness (QED) is 0.652. The van der Waals surface area contributed by atoms with Crippen molar-refractivity contribution < 1.29 is 0 Å². The summed E-state index contributed by atoms with van der Waals surface area (Å²) in [5.74, 6) is 1.59. The number of rotatable bonds is 3. The van der Waals surface area contributed by atoms with Crippen LogP contribution in [0.25, 0.3) is 0 Å². The Hall–Kier alpha value is -0.780. The van der Waals surface area contributed by atoms with E-state index in [-0.39, 0.29) is 0 Å². The van der Waals surface area contributed by atoms with E-state index in [2.05, 4.69) is 52.0 Å². The van der Waals surface area contributed by atoms with Gasteiger partial charge in [-0.2, -0.15) is 0 Å². The fourth-order valence-corrected chi connectivity index (χ4v) is 3.15. The van der Waals surface area contributed by atoms with Crippen LogP contribution < -0.4 is 0 Å². The smallest absolute Gasteiger partial charge is 0.0219 e. The van der Waals surface area contributed by atoms with Gasteiger partial charge in [0.2, 0.25) is 0 Å². The van der Waals surface area contributed by atoms with Crippen LogP contribution in [0, 0.1) is 11.3 Å². The monoisotopic (exact) mass is 244 g/mol. The van der Waals surface area contributed by atoms with Crippen LogP contribution in [0.4, 0.5) is 0 Å². The molecule has 0 heterocycles. The predicted octanol–water partition coefficient (Wildman–Crippen LogP) is 5.57. The summed E-state index contributed by atoms with van der Waals surface area (Å²) in [7, 11) is 0. The molecule has 0 radical (unpaired) electrons. The van der Waals surface area contributed by atoms with E-state index in [1.807, 2.05) is 0 Å². The molecule has 2 rings (SSSR count). The molecule has 1 aromatic rings. The Morgan fingerprint density at radius 2 is 1.67 bits per heavy atom. The van der Waals surface area contributed by atoms with Crippen LogP contribution in [0.5, 0.6) is 0 Å². The van der Waals surface area contributed by atoms with Crippen molar-refractivity contribution in [2.24, 2.45) is 11.3 Å². The van der Waals surface area contributed by atoms with Crippen molar-refractivity contribution in [2.45, 2.75) is 65.7 Å². The van der Waals surface area contributed by atoms with E-state index in [0.717, 1.165) is 5.92 Å². The molecule has 1 aromatic carbocycles. The van der Waals surface area contributed by atoms with Crippen molar-refractivity contribution in [3.05, 3.63) is 35.4 Å². The Balaban J connectivity index is 2.00. The Kier molecular flexibility index (Phi) is 4.14. The zero-order valence-electron chi connectivity index (χ0n) is 12.5. The summed E-state index contributed by atoms with van der Waals surface area (Å²) >= 11 is 0. The molecule has 0 N–H and O–H groups in total. The highest BCUT2D eigenvalue weighted by Gasteiger charge is 2.29. The first-order valence-corrected chi connectivity index (χ1v) is 7.57. The highest BCUT2D eigenvalue weighted by atomic mass is 14.3. The first kappa shape index (κ1) is 13.6. The lowest BCUT2D eigenvalue weighted by atomic mass is 9.69. The van der Waals surface area contributed by atoms with Gasteiger partial charge in [0.15, 0.2) is 0 Å². The van der Waals surface area contributed by atoms with Crippen LogP contribution in [0.2, 0.25) is 0 Å². The molecule has 1 aliphatic carbocycles. The van der Waals surface area contributed by atoms with E-state index in [1.54, 1.807) is 0 Å². The minimum Gasteiger partial charge on any atom is -0.0625 e. The molecule has 0 heteroatoms. The molecule has 0 spiro atoms. The second kappa shape index (κ2) is 5.47. The van der Waals surface area contributed by atoms with E-state index < -0.39 is 0 Å². The Labute approximate surface area is 113 Å². The van der Waals surface area contributed by atoms with Crippen molar-refractivity contribution in [3.63, 3.8) is 0 Å². The summed E-state index contributed by atoms with van der Waals surface area (Å²) in [4.78, 5) is 0. The molecular weight excluding hydrogens is 216 g/mol. The minimum atomic E-state index is 0.547. The number of hydrogen-bond donors (Lipinski definition) is 0. The van der Waals surface area contributed by atoms with Crippen molar-refractivity contribution in [1.82, 2.24) is 0 Å². The maximum absolute atomic E-state index is 2.48. The van der Waals surface area contributed by atoms with Gasteiger partial charge in [-0.3, -0.25) is 0 Å². The molecule has 100 valence electrons. The fourth-order valence-electron chi connectivity index (χ4n) is 3.15. The summed E-state index contributed by atoms with van der Waals surface area (Å²) in [6.07, 6.45) is 6.90. The van der Waals surface area contributed by atoms with Crippen LogP contribution in [-0.4, -0.2) is 0 Å². The van der Waals surface area contributed by atoms with Crippen LogP contribution in [-0.2, 0) is 6.42 Å². The molecule has 0 saturated heterocycles. The molecule has 0 amide bonds. The second-order valence-corrected chi connectivity index (χ2v) is 7.07. The van der Waals surface area contributed by atoms with Crippen LogP contribution in [0.1, 0.15) is 70.4 Å². The van der Waals surface area contributed by atoms with Gasteiger partial charge in [0.1, 0.15) is 0 Å². The van der Waals surface area contributed by atoms with Gasteiger partial charge in [0.05, 0.1) is 0 Å². The molecule has 18 heavy (non-hydrogen) atoms. The number of benzene rings is 1. The van der Waals surface area contributed by atoms with E-state index in [4.69, 9.17) is 0 Å². The topological polar surface area (TPSA) is 0 Å². The first-order chi connectivity index (χ1) is 8.48. The van der Waals surface area contributed by atoms with Gasteiger partial charge in [-0.25, -0.2) is 0 Å². The minimum absolute atomic E-state index is 0.547. The summed E-state index contributed by atoms with van der Waals surface area (Å²) in [5, 5.41) is 0. The van der Waals surface area contributed by atoms with Gasteiger partial charge in [-0.15, -0.1) is 0 Å². The van der Waals surface area contributed by atoms with Gasteiger partial charge < -0.3 is 0 Å². The Morgan fingerprint density at radius 3 is 2.17 bits per heavy atom. The van der Waals surface area contributed by atoms with Gasteiger partial charge in [-0.05, 0) is 47.6 Å². The van der Waals surface area contributed by atoms with Crippen LogP contribution in [0.15, 0.2) is 24.3 Å². The molecule has 0 nitrogen and oxygen atoms in total. The third kappa shape index (κ3) is 3.37. The molecule has 1 aliphatic rings. The van der Waals surface area contributed by atoms with E-state index >= 15 is 0 Å². The lowest BCUT2D eigenvalue weighted by molar-refractivity contribution is 0.177. The third-order valence-corrected chi connectivity index (χ3v) is 4.76. The highest BCUT2D eigenvalue weighted by molar-refractivity contribution is 5.25. The SMILES string of the molecule is CC1CCC(C)(Cc2ccc(C(C)C)cc2)CC1. The molecule has 0 atom stereocenters. The molecule has 0 aliphatic heterocycles. The van der Waals surface area contributed by atoms with Gasteiger partial charge in [-0.1, -0.05) is 64.8 Å². The van der Waals surface area contributed by atoms with E-state index in [9.17, 15) is 0 Å². The molecular formula is C18H28. The lowest BCUT2D eigenvalue weighted by Gasteiger charge is -2.36. The van der Waals surface area contributed by atoms with Gasteiger partial charge in [0, 0.05) is 0 Å². The van der Waals surface area contributed by atoms with Crippen molar-refractivity contribution in [2.75, 3.05) is 0 Å². The van der Waals surface area contributed by atoms with Crippen LogP contribution >= 0.6 is 0 Å². The fraction of sp³-hybridized carbons (Fsp3) is 0.667. The van der Waals surface area contributed by atoms with E-state index in [1.165, 1.54) is 43.2 Å². The molecule has 0 bridgehead atoms. The highest BCUT2D eigenvalue weighted by Crippen LogP contribution is 2.40. The number of hydrogen-bond acceptors (Lipinski definition) is 0. The van der Waals surface area contributed by atoms with Crippen LogP contribution in [0.3, 0.4) is 0 Å². The standard InChI is InChI=1S/C18H28/c1-14(2)17-7-5-16(6-8-17)13-18(4)11-9-15(3)10-12-18/h5-8,14-15H,9-13H2,1-4H3. The zero-order valence-corrected chi connectivity index (χ0v) is 12.5.